The van der Waals surface area contributed by atoms with E-state index >= 15 is 0 Å². The number of benzene rings is 2. The Hall–Kier alpha value is -1.00. The Morgan fingerprint density at radius 1 is 1.10 bits per heavy atom. The van der Waals surface area contributed by atoms with E-state index in [0.717, 1.165) is 33.3 Å². The summed E-state index contributed by atoms with van der Waals surface area (Å²) < 4.78 is 38.4. The van der Waals surface area contributed by atoms with Crippen molar-refractivity contribution in [2.75, 3.05) is 0 Å². The summed E-state index contributed by atoms with van der Waals surface area (Å²) in [5.41, 5.74) is 2.18. The van der Waals surface area contributed by atoms with Crippen LogP contribution in [0, 0.1) is 6.92 Å². The molecule has 0 fully saturated rings. The van der Waals surface area contributed by atoms with E-state index in [0.29, 0.717) is 6.42 Å². The van der Waals surface area contributed by atoms with Gasteiger partial charge in [-0.05, 0) is 48.2 Å². The highest BCUT2D eigenvalue weighted by molar-refractivity contribution is 9.10. The third kappa shape index (κ3) is 4.24. The van der Waals surface area contributed by atoms with Crippen LogP contribution in [0.5, 0.6) is 0 Å². The van der Waals surface area contributed by atoms with Crippen molar-refractivity contribution in [2.24, 2.45) is 0 Å². The van der Waals surface area contributed by atoms with Crippen molar-refractivity contribution in [3.8, 4) is 0 Å². The maximum absolute atomic E-state index is 12.5. The van der Waals surface area contributed by atoms with Gasteiger partial charge in [0.05, 0.1) is 10.9 Å². The first-order valence-corrected chi connectivity index (χ1v) is 7.56. The number of aryl methyl sites for hydroxylation is 1. The van der Waals surface area contributed by atoms with Crippen LogP contribution in [0.2, 0.25) is 0 Å². The highest BCUT2D eigenvalue weighted by Gasteiger charge is 2.30. The lowest BCUT2D eigenvalue weighted by molar-refractivity contribution is -0.137. The molecule has 21 heavy (non-hydrogen) atoms. The molecule has 112 valence electrons. The maximum Gasteiger partial charge on any atom is 0.416 e. The predicted octanol–water partition coefficient (Wildman–Crippen LogP) is 6.30. The fourth-order valence-corrected chi connectivity index (χ4v) is 3.30. The molecule has 0 aromatic heterocycles. The second-order valence-corrected chi connectivity index (χ2v) is 6.27. The van der Waals surface area contributed by atoms with E-state index < -0.39 is 11.7 Å². The Morgan fingerprint density at radius 3 is 2.24 bits per heavy atom. The van der Waals surface area contributed by atoms with E-state index in [1.807, 2.05) is 25.1 Å². The minimum absolute atomic E-state index is 0.295. The Labute approximate surface area is 135 Å². The normalized spacial score (nSPS) is 13.2. The van der Waals surface area contributed by atoms with Gasteiger partial charge in [-0.1, -0.05) is 40.2 Å². The molecule has 0 N–H and O–H groups in total. The summed E-state index contributed by atoms with van der Waals surface area (Å²) in [4.78, 5) is 0. The largest absolute Gasteiger partial charge is 0.416 e. The molecule has 0 aliphatic carbocycles. The van der Waals surface area contributed by atoms with Crippen molar-refractivity contribution < 1.29 is 13.2 Å². The Kier molecular flexibility index (Phi) is 4.99. The molecular formula is C16H13BrClF3. The second-order valence-electron chi connectivity index (χ2n) is 4.89. The molecule has 1 unspecified atom stereocenters. The first-order valence-electron chi connectivity index (χ1n) is 6.33. The molecule has 2 aromatic carbocycles. The van der Waals surface area contributed by atoms with Gasteiger partial charge in [-0.15, -0.1) is 11.6 Å². The van der Waals surface area contributed by atoms with Crippen LogP contribution in [0.1, 0.15) is 27.6 Å². The van der Waals surface area contributed by atoms with Crippen molar-refractivity contribution in [1.29, 1.82) is 0 Å². The zero-order valence-corrected chi connectivity index (χ0v) is 13.6. The molecule has 0 radical (unpaired) electrons. The zero-order chi connectivity index (χ0) is 15.6. The molecule has 0 spiro atoms. The quantitative estimate of drug-likeness (QED) is 0.551. The van der Waals surface area contributed by atoms with Crippen molar-refractivity contribution in [3.05, 3.63) is 69.2 Å². The molecule has 0 saturated heterocycles. The topological polar surface area (TPSA) is 0 Å². The minimum Gasteiger partial charge on any atom is -0.166 e. The van der Waals surface area contributed by atoms with Gasteiger partial charge in [0.15, 0.2) is 0 Å². The smallest absolute Gasteiger partial charge is 0.166 e. The van der Waals surface area contributed by atoms with Gasteiger partial charge in [0.1, 0.15) is 0 Å². The van der Waals surface area contributed by atoms with Gasteiger partial charge in [0, 0.05) is 4.47 Å². The van der Waals surface area contributed by atoms with E-state index in [1.165, 1.54) is 12.1 Å². The lowest BCUT2D eigenvalue weighted by atomic mass is 10.0. The molecule has 0 nitrogen and oxygen atoms in total. The first kappa shape index (κ1) is 16.4. The third-order valence-corrected chi connectivity index (χ3v) is 4.27. The molecule has 0 bridgehead atoms. The van der Waals surface area contributed by atoms with E-state index in [9.17, 15) is 13.2 Å². The van der Waals surface area contributed by atoms with Crippen molar-refractivity contribution >= 4 is 27.5 Å². The summed E-state index contributed by atoms with van der Waals surface area (Å²) in [6.45, 7) is 1.98. The van der Waals surface area contributed by atoms with Crippen LogP contribution in [0.4, 0.5) is 13.2 Å². The SMILES string of the molecule is Cc1ccc(C(Cl)Cc2ccc(C(F)(F)F)cc2)c(Br)c1. The van der Waals surface area contributed by atoms with E-state index in [2.05, 4.69) is 15.9 Å². The second kappa shape index (κ2) is 6.41. The van der Waals surface area contributed by atoms with Crippen LogP contribution in [-0.4, -0.2) is 0 Å². The summed E-state index contributed by atoms with van der Waals surface area (Å²) in [7, 11) is 0. The van der Waals surface area contributed by atoms with Crippen molar-refractivity contribution in [3.63, 3.8) is 0 Å². The average Bonchev–Trinajstić information content (AvgIpc) is 2.38. The van der Waals surface area contributed by atoms with Crippen LogP contribution >= 0.6 is 27.5 Å². The number of halogens is 5. The average molecular weight is 378 g/mol. The summed E-state index contributed by atoms with van der Waals surface area (Å²) in [5, 5.41) is -0.295. The highest BCUT2D eigenvalue weighted by atomic mass is 79.9. The highest BCUT2D eigenvalue weighted by Crippen LogP contribution is 2.33. The van der Waals surface area contributed by atoms with Gasteiger partial charge in [0.25, 0.3) is 0 Å². The molecular weight excluding hydrogens is 365 g/mol. The van der Waals surface area contributed by atoms with Crippen LogP contribution in [-0.2, 0) is 12.6 Å². The first-order chi connectivity index (χ1) is 9.77. The van der Waals surface area contributed by atoms with E-state index in [-0.39, 0.29) is 5.38 Å². The molecule has 2 aromatic rings. The maximum atomic E-state index is 12.5. The molecule has 0 heterocycles. The number of hydrogen-bond donors (Lipinski definition) is 0. The molecule has 0 aliphatic heterocycles. The standard InChI is InChI=1S/C16H13BrClF3/c1-10-2-7-13(14(17)8-10)15(18)9-11-3-5-12(6-4-11)16(19,20)21/h2-8,15H,9H2,1H3. The fourth-order valence-electron chi connectivity index (χ4n) is 2.03. The third-order valence-electron chi connectivity index (χ3n) is 3.19. The fraction of sp³-hybridized carbons (Fsp3) is 0.250. The molecule has 0 aliphatic rings. The van der Waals surface area contributed by atoms with Crippen LogP contribution in [0.25, 0.3) is 0 Å². The Balaban J connectivity index is 2.14. The van der Waals surface area contributed by atoms with E-state index in [4.69, 9.17) is 11.6 Å². The van der Waals surface area contributed by atoms with Gasteiger partial charge in [0.2, 0.25) is 0 Å². The Morgan fingerprint density at radius 2 is 1.71 bits per heavy atom. The minimum atomic E-state index is -4.31. The zero-order valence-electron chi connectivity index (χ0n) is 11.2. The summed E-state index contributed by atoms with van der Waals surface area (Å²) in [5.74, 6) is 0. The Bertz CT molecular complexity index is 620. The molecule has 1 atom stereocenters. The van der Waals surface area contributed by atoms with Gasteiger partial charge >= 0.3 is 6.18 Å². The number of hydrogen-bond acceptors (Lipinski definition) is 0. The number of alkyl halides is 4. The van der Waals surface area contributed by atoms with Crippen molar-refractivity contribution in [2.45, 2.75) is 24.9 Å². The molecule has 2 rings (SSSR count). The van der Waals surface area contributed by atoms with Gasteiger partial charge < -0.3 is 0 Å². The summed E-state index contributed by atoms with van der Waals surface area (Å²) in [6, 6.07) is 11.0. The lowest BCUT2D eigenvalue weighted by Gasteiger charge is -2.13. The predicted molar refractivity (Wildman–Crippen MR) is 82.6 cm³/mol. The van der Waals surface area contributed by atoms with Crippen LogP contribution in [0.15, 0.2) is 46.9 Å². The summed E-state index contributed by atoms with van der Waals surface area (Å²) >= 11 is 9.84. The van der Waals surface area contributed by atoms with Gasteiger partial charge in [-0.2, -0.15) is 13.2 Å². The van der Waals surface area contributed by atoms with Crippen LogP contribution < -0.4 is 0 Å². The van der Waals surface area contributed by atoms with Crippen molar-refractivity contribution in [1.82, 2.24) is 0 Å². The molecule has 0 amide bonds. The van der Waals surface area contributed by atoms with Gasteiger partial charge in [-0.25, -0.2) is 0 Å². The van der Waals surface area contributed by atoms with Crippen LogP contribution in [0.3, 0.4) is 0 Å². The lowest BCUT2D eigenvalue weighted by Crippen LogP contribution is -2.05. The molecule has 5 heteroatoms. The van der Waals surface area contributed by atoms with Gasteiger partial charge in [-0.3, -0.25) is 0 Å². The monoisotopic (exact) mass is 376 g/mol. The number of rotatable bonds is 3. The summed E-state index contributed by atoms with van der Waals surface area (Å²) in [6.07, 6.45) is -3.83. The van der Waals surface area contributed by atoms with E-state index in [1.54, 1.807) is 0 Å². The molecule has 0 saturated carbocycles.